The van der Waals surface area contributed by atoms with E-state index in [1.807, 2.05) is 24.3 Å². The molecule has 21 heavy (non-hydrogen) atoms. The molecule has 1 amide bonds. The van der Waals surface area contributed by atoms with E-state index in [4.69, 9.17) is 4.74 Å². The number of nitrogens with one attached hydrogen (secondary N) is 1. The predicted octanol–water partition coefficient (Wildman–Crippen LogP) is 2.86. The second kappa shape index (κ2) is 9.42. The van der Waals surface area contributed by atoms with E-state index in [-0.39, 0.29) is 12.5 Å². The molecule has 1 aromatic rings. The maximum absolute atomic E-state index is 12.1. The zero-order valence-electron chi connectivity index (χ0n) is 12.3. The Kier molecular flexibility index (Phi) is 7.43. The third-order valence-corrected chi connectivity index (χ3v) is 2.70. The van der Waals surface area contributed by atoms with E-state index in [1.165, 1.54) is 0 Å². The van der Waals surface area contributed by atoms with Gasteiger partial charge >= 0.3 is 0 Å². The first-order chi connectivity index (χ1) is 10.2. The van der Waals surface area contributed by atoms with Crippen molar-refractivity contribution in [3.05, 3.63) is 62.2 Å². The second-order valence-electron chi connectivity index (χ2n) is 4.36. The van der Waals surface area contributed by atoms with Gasteiger partial charge in [-0.05, 0) is 12.1 Å². The minimum Gasteiger partial charge on any atom is -0.489 e. The Hall–Kier alpha value is -2.49. The van der Waals surface area contributed by atoms with Crippen LogP contribution >= 0.6 is 0 Å². The first-order valence-electron chi connectivity index (χ1n) is 6.78. The quantitative estimate of drug-likeness (QED) is 0.672. The SMILES string of the molecule is C=CCOc1cccc(NCC(=O)N(CC=C)CC=C)c1. The van der Waals surface area contributed by atoms with Crippen LogP contribution in [0, 0.1) is 0 Å². The van der Waals surface area contributed by atoms with Crippen LogP contribution in [0.25, 0.3) is 0 Å². The average molecular weight is 286 g/mol. The summed E-state index contributed by atoms with van der Waals surface area (Å²) >= 11 is 0. The zero-order chi connectivity index (χ0) is 15.5. The van der Waals surface area contributed by atoms with Gasteiger partial charge in [-0.2, -0.15) is 0 Å². The Morgan fingerprint density at radius 2 is 1.90 bits per heavy atom. The fourth-order valence-electron chi connectivity index (χ4n) is 1.73. The molecular formula is C17H22N2O2. The van der Waals surface area contributed by atoms with Crippen molar-refractivity contribution >= 4 is 11.6 Å². The molecule has 0 aliphatic heterocycles. The van der Waals surface area contributed by atoms with E-state index in [0.717, 1.165) is 11.4 Å². The smallest absolute Gasteiger partial charge is 0.242 e. The summed E-state index contributed by atoms with van der Waals surface area (Å²) in [5, 5.41) is 3.09. The zero-order valence-corrected chi connectivity index (χ0v) is 12.3. The first kappa shape index (κ1) is 16.6. The van der Waals surface area contributed by atoms with Crippen molar-refractivity contribution < 1.29 is 9.53 Å². The van der Waals surface area contributed by atoms with Crippen LogP contribution < -0.4 is 10.1 Å². The Morgan fingerprint density at radius 3 is 2.52 bits per heavy atom. The Labute approximate surface area is 126 Å². The van der Waals surface area contributed by atoms with Crippen LogP contribution in [0.5, 0.6) is 5.75 Å². The molecule has 0 aliphatic carbocycles. The van der Waals surface area contributed by atoms with Crippen LogP contribution in [0.15, 0.2) is 62.2 Å². The number of carbonyl (C=O) groups is 1. The highest BCUT2D eigenvalue weighted by atomic mass is 16.5. The van der Waals surface area contributed by atoms with E-state index >= 15 is 0 Å². The van der Waals surface area contributed by atoms with Gasteiger partial charge in [0.25, 0.3) is 0 Å². The highest BCUT2D eigenvalue weighted by Crippen LogP contribution is 2.17. The summed E-state index contributed by atoms with van der Waals surface area (Å²) in [6.07, 6.45) is 5.09. The third-order valence-electron chi connectivity index (χ3n) is 2.70. The number of hydrogen-bond donors (Lipinski definition) is 1. The van der Waals surface area contributed by atoms with E-state index in [0.29, 0.717) is 19.7 Å². The number of anilines is 1. The van der Waals surface area contributed by atoms with Gasteiger partial charge in [-0.1, -0.05) is 30.9 Å². The molecule has 1 aromatic carbocycles. The Balaban J connectivity index is 2.56. The summed E-state index contributed by atoms with van der Waals surface area (Å²) in [5.41, 5.74) is 0.835. The Morgan fingerprint density at radius 1 is 1.19 bits per heavy atom. The summed E-state index contributed by atoms with van der Waals surface area (Å²) in [7, 11) is 0. The molecule has 1 N–H and O–H groups in total. The lowest BCUT2D eigenvalue weighted by molar-refractivity contribution is -0.128. The van der Waals surface area contributed by atoms with Crippen molar-refractivity contribution in [2.45, 2.75) is 0 Å². The third kappa shape index (κ3) is 5.99. The van der Waals surface area contributed by atoms with Gasteiger partial charge in [0.05, 0.1) is 6.54 Å². The summed E-state index contributed by atoms with van der Waals surface area (Å²) < 4.78 is 5.45. The van der Waals surface area contributed by atoms with Gasteiger partial charge < -0.3 is 15.0 Å². The van der Waals surface area contributed by atoms with Gasteiger partial charge in [-0.25, -0.2) is 0 Å². The standard InChI is InChI=1S/C17H22N2O2/c1-4-10-19(11-5-2)17(20)14-18-15-8-7-9-16(13-15)21-12-6-3/h4-9,13,18H,1-3,10-12,14H2. The molecule has 1 rings (SSSR count). The van der Waals surface area contributed by atoms with Crippen molar-refractivity contribution in [3.63, 3.8) is 0 Å². The van der Waals surface area contributed by atoms with Crippen LogP contribution in [-0.2, 0) is 4.79 Å². The molecule has 0 unspecified atom stereocenters. The summed E-state index contributed by atoms with van der Waals surface area (Å²) in [5.74, 6) is 0.730. The van der Waals surface area contributed by atoms with Crippen molar-refractivity contribution in [1.29, 1.82) is 0 Å². The molecule has 0 saturated heterocycles. The summed E-state index contributed by atoms with van der Waals surface area (Å²) in [6.45, 7) is 12.6. The fourth-order valence-corrected chi connectivity index (χ4v) is 1.73. The average Bonchev–Trinajstić information content (AvgIpc) is 2.51. The lowest BCUT2D eigenvalue weighted by Crippen LogP contribution is -2.35. The molecule has 0 fully saturated rings. The van der Waals surface area contributed by atoms with Crippen molar-refractivity contribution in [2.24, 2.45) is 0 Å². The number of amides is 1. The predicted molar refractivity (Wildman–Crippen MR) is 87.6 cm³/mol. The van der Waals surface area contributed by atoms with Gasteiger partial charge in [0.1, 0.15) is 12.4 Å². The van der Waals surface area contributed by atoms with Crippen molar-refractivity contribution in [2.75, 3.05) is 31.6 Å². The first-order valence-corrected chi connectivity index (χ1v) is 6.78. The van der Waals surface area contributed by atoms with E-state index in [9.17, 15) is 4.79 Å². The molecule has 4 heteroatoms. The summed E-state index contributed by atoms with van der Waals surface area (Å²) in [6, 6.07) is 7.47. The highest BCUT2D eigenvalue weighted by molar-refractivity contribution is 5.81. The molecule has 0 heterocycles. The molecule has 0 bridgehead atoms. The van der Waals surface area contributed by atoms with E-state index in [2.05, 4.69) is 25.1 Å². The van der Waals surface area contributed by atoms with Crippen LogP contribution in [0.1, 0.15) is 0 Å². The van der Waals surface area contributed by atoms with Crippen LogP contribution in [-0.4, -0.2) is 37.0 Å². The number of hydrogen-bond acceptors (Lipinski definition) is 3. The van der Waals surface area contributed by atoms with Gasteiger partial charge in [0, 0.05) is 24.8 Å². The van der Waals surface area contributed by atoms with Crippen LogP contribution in [0.4, 0.5) is 5.69 Å². The largest absolute Gasteiger partial charge is 0.489 e. The van der Waals surface area contributed by atoms with Crippen LogP contribution in [0.2, 0.25) is 0 Å². The number of carbonyl (C=O) groups excluding carboxylic acids is 1. The van der Waals surface area contributed by atoms with E-state index < -0.39 is 0 Å². The molecule has 0 spiro atoms. The maximum Gasteiger partial charge on any atom is 0.242 e. The van der Waals surface area contributed by atoms with Gasteiger partial charge in [0.2, 0.25) is 5.91 Å². The lowest BCUT2D eigenvalue weighted by Gasteiger charge is -2.19. The van der Waals surface area contributed by atoms with Gasteiger partial charge in [-0.15, -0.1) is 13.2 Å². The lowest BCUT2D eigenvalue weighted by atomic mass is 10.3. The topological polar surface area (TPSA) is 41.6 Å². The molecule has 0 saturated carbocycles. The second-order valence-corrected chi connectivity index (χ2v) is 4.36. The molecule has 4 nitrogen and oxygen atoms in total. The Bertz CT molecular complexity index is 487. The molecular weight excluding hydrogens is 264 g/mol. The maximum atomic E-state index is 12.1. The van der Waals surface area contributed by atoms with Crippen molar-refractivity contribution in [3.8, 4) is 5.75 Å². The van der Waals surface area contributed by atoms with Crippen molar-refractivity contribution in [1.82, 2.24) is 4.90 Å². The number of rotatable bonds is 10. The number of ether oxygens (including phenoxy) is 1. The minimum absolute atomic E-state index is 0.00721. The molecule has 0 aliphatic rings. The van der Waals surface area contributed by atoms with E-state index in [1.54, 1.807) is 23.1 Å². The molecule has 112 valence electrons. The van der Waals surface area contributed by atoms with Gasteiger partial charge in [-0.3, -0.25) is 4.79 Å². The van der Waals surface area contributed by atoms with Crippen LogP contribution in [0.3, 0.4) is 0 Å². The number of benzene rings is 1. The summed E-state index contributed by atoms with van der Waals surface area (Å²) in [4.78, 5) is 13.7. The highest BCUT2D eigenvalue weighted by Gasteiger charge is 2.10. The fraction of sp³-hybridized carbons (Fsp3) is 0.235. The monoisotopic (exact) mass is 286 g/mol. The molecule has 0 aromatic heterocycles. The molecule has 0 radical (unpaired) electrons. The normalized spacial score (nSPS) is 9.52. The number of nitrogens with zero attached hydrogens (tertiary/aromatic N) is 1. The van der Waals surface area contributed by atoms with Gasteiger partial charge in [0.15, 0.2) is 0 Å². The minimum atomic E-state index is -0.00721. The molecule has 0 atom stereocenters.